The van der Waals surface area contributed by atoms with Crippen molar-refractivity contribution in [1.82, 2.24) is 4.90 Å². The van der Waals surface area contributed by atoms with Crippen LogP contribution in [-0.2, 0) is 37.5 Å². The van der Waals surface area contributed by atoms with Crippen molar-refractivity contribution < 1.29 is 37.5 Å². The zero-order valence-corrected chi connectivity index (χ0v) is 11.8. The largest absolute Gasteiger partial charge is 0.374 e. The predicted octanol–water partition coefficient (Wildman–Crippen LogP) is 1.61. The summed E-state index contributed by atoms with van der Waals surface area (Å²) in [5, 5.41) is 7.09. The maximum Gasteiger partial charge on any atom is 0.163 e. The van der Waals surface area contributed by atoms with E-state index in [-0.39, 0.29) is 38.5 Å². The van der Waals surface area contributed by atoms with E-state index in [9.17, 15) is 4.79 Å². The Labute approximate surface area is 111 Å². The molecule has 0 unspecified atom stereocenters. The molecule has 0 aliphatic carbocycles. The van der Waals surface area contributed by atoms with Crippen LogP contribution in [0.15, 0.2) is 23.9 Å². The van der Waals surface area contributed by atoms with Crippen LogP contribution in [0.3, 0.4) is 0 Å². The molecule has 4 heteroatoms. The summed E-state index contributed by atoms with van der Waals surface area (Å²) in [5.41, 5.74) is 1.26. The zero-order chi connectivity index (χ0) is 10.4. The van der Waals surface area contributed by atoms with E-state index in [1.54, 1.807) is 6.08 Å². The average Bonchev–Trinajstić information content (AvgIpc) is 2.05. The van der Waals surface area contributed by atoms with Gasteiger partial charge in [0.25, 0.3) is 0 Å². The van der Waals surface area contributed by atoms with Crippen molar-refractivity contribution in [3.05, 3.63) is 23.9 Å². The van der Waals surface area contributed by atoms with Gasteiger partial charge in [0.05, 0.1) is 5.57 Å². The molecule has 0 aromatic carbocycles. The third kappa shape index (κ3) is 4.82. The van der Waals surface area contributed by atoms with Crippen LogP contribution in [0, 0.1) is 5.41 Å². The van der Waals surface area contributed by atoms with E-state index in [1.807, 2.05) is 18.9 Å². The zero-order valence-electron chi connectivity index (χ0n) is 9.00. The molecule has 1 radical (unpaired) electrons. The topological polar surface area (TPSA) is 44.2 Å². The van der Waals surface area contributed by atoms with Gasteiger partial charge in [-0.3, -0.25) is 4.79 Å². The van der Waals surface area contributed by atoms with Crippen LogP contribution in [0.4, 0.5) is 0 Å². The minimum atomic E-state index is -0.0802. The van der Waals surface area contributed by atoms with E-state index in [2.05, 4.69) is 6.58 Å². The molecule has 0 heterocycles. The van der Waals surface area contributed by atoms with E-state index >= 15 is 0 Å². The molecule has 0 aliphatic rings. The molecule has 14 heavy (non-hydrogen) atoms. The fourth-order valence-electron chi connectivity index (χ4n) is 0.997. The third-order valence-electron chi connectivity index (χ3n) is 1.89. The summed E-state index contributed by atoms with van der Waals surface area (Å²) in [6, 6.07) is 0. The van der Waals surface area contributed by atoms with E-state index in [1.165, 1.54) is 6.92 Å². The summed E-state index contributed by atoms with van der Waals surface area (Å²) in [4.78, 5) is 12.9. The fourth-order valence-corrected chi connectivity index (χ4v) is 0.997. The van der Waals surface area contributed by atoms with Crippen molar-refractivity contribution in [1.29, 1.82) is 5.41 Å². The van der Waals surface area contributed by atoms with Crippen molar-refractivity contribution in [3.63, 3.8) is 0 Å². The van der Waals surface area contributed by atoms with Gasteiger partial charge in [0.15, 0.2) is 5.78 Å². The van der Waals surface area contributed by atoms with Gasteiger partial charge >= 0.3 is 0 Å². The molecule has 0 spiro atoms. The Kier molecular flexibility index (Phi) is 9.31. The molecule has 0 bridgehead atoms. The molecule has 0 saturated carbocycles. The summed E-state index contributed by atoms with van der Waals surface area (Å²) >= 11 is 0. The smallest absolute Gasteiger partial charge is 0.163 e. The summed E-state index contributed by atoms with van der Waals surface area (Å²) in [7, 11) is 1.86. The molecular weight excluding hydrogens is 253 g/mol. The van der Waals surface area contributed by atoms with Gasteiger partial charge in [-0.1, -0.05) is 6.08 Å². The molecule has 3 nitrogen and oxygen atoms in total. The number of nitrogens with zero attached hydrogens (tertiary/aromatic N) is 1. The van der Waals surface area contributed by atoms with Gasteiger partial charge in [0, 0.05) is 58.2 Å². The number of hydrogen-bond acceptors (Lipinski definition) is 3. The number of rotatable bonds is 5. The summed E-state index contributed by atoms with van der Waals surface area (Å²) in [6.07, 6.45) is 2.85. The molecule has 0 aliphatic heterocycles. The first-order valence-electron chi connectivity index (χ1n) is 4.09. The van der Waals surface area contributed by atoms with Crippen molar-refractivity contribution in [2.24, 2.45) is 0 Å². The first-order chi connectivity index (χ1) is 6.04. The Morgan fingerprint density at radius 1 is 1.50 bits per heavy atom. The number of ketones is 1. The van der Waals surface area contributed by atoms with Gasteiger partial charge < -0.3 is 10.3 Å². The van der Waals surface area contributed by atoms with Crippen molar-refractivity contribution in [2.75, 3.05) is 13.6 Å². The second kappa shape index (κ2) is 8.07. The molecule has 0 rings (SSSR count). The molecule has 0 aromatic rings. The molecule has 0 fully saturated rings. The van der Waals surface area contributed by atoms with Gasteiger partial charge in [-0.15, -0.1) is 6.58 Å². The van der Waals surface area contributed by atoms with E-state index in [4.69, 9.17) is 5.41 Å². The molecule has 0 amide bonds. The molecule has 0 aromatic heterocycles. The van der Waals surface area contributed by atoms with E-state index < -0.39 is 0 Å². The third-order valence-corrected chi connectivity index (χ3v) is 1.89. The Balaban J connectivity index is 0. The maximum absolute atomic E-state index is 11.1. The molecule has 0 atom stereocenters. The number of carbonyl (C=O) groups excluding carboxylic acids is 1. The summed E-state index contributed by atoms with van der Waals surface area (Å²) < 4.78 is 0. The monoisotopic (exact) mass is 269 g/mol. The Morgan fingerprint density at radius 2 is 2.00 bits per heavy atom. The number of Topliss-reactive ketones (excluding diaryl/α,β-unsaturated/α-hetero) is 1. The number of hydrogen-bond donors (Lipinski definition) is 1. The van der Waals surface area contributed by atoms with Crippen LogP contribution in [0.5, 0.6) is 0 Å². The van der Waals surface area contributed by atoms with Crippen LogP contribution in [0.1, 0.15) is 13.8 Å². The first kappa shape index (κ1) is 16.2. The van der Waals surface area contributed by atoms with E-state index in [0.29, 0.717) is 12.1 Å². The molecular formula is C10H16N2OY. The van der Waals surface area contributed by atoms with Gasteiger partial charge in [-0.25, -0.2) is 0 Å². The quantitative estimate of drug-likeness (QED) is 0.468. The number of carbonyl (C=O) groups is 1. The summed E-state index contributed by atoms with van der Waals surface area (Å²) in [5.74, 6) is -0.0802. The van der Waals surface area contributed by atoms with Crippen LogP contribution >= 0.6 is 0 Å². The average molecular weight is 269 g/mol. The van der Waals surface area contributed by atoms with Gasteiger partial charge in [-0.2, -0.15) is 0 Å². The predicted molar refractivity (Wildman–Crippen MR) is 55.0 cm³/mol. The molecule has 75 valence electrons. The second-order valence-corrected chi connectivity index (χ2v) is 2.87. The Bertz CT molecular complexity index is 259. The standard InChI is InChI=1S/C10H16N2O.Y/c1-5-6-12(4)8(2)10(7-11)9(3)13;/h5,7,11H,1,6H2,2-4H3;/b10-8+,11-7?;. The Morgan fingerprint density at radius 3 is 2.29 bits per heavy atom. The van der Waals surface area contributed by atoms with E-state index in [0.717, 1.165) is 11.9 Å². The minimum absolute atomic E-state index is 0. The molecule has 0 saturated heterocycles. The normalized spacial score (nSPS) is 10.8. The number of nitrogens with one attached hydrogen (secondary N) is 1. The molecule has 1 N–H and O–H groups in total. The minimum Gasteiger partial charge on any atom is -0.374 e. The van der Waals surface area contributed by atoms with Crippen LogP contribution in [0.25, 0.3) is 0 Å². The van der Waals surface area contributed by atoms with Gasteiger partial charge in [0.2, 0.25) is 0 Å². The first-order valence-corrected chi connectivity index (χ1v) is 4.09. The SMILES string of the molecule is C=CCN(C)/C(C)=C(\C=N)C(C)=O.[Y]. The van der Waals surface area contributed by atoms with Crippen molar-refractivity contribution >= 4 is 12.0 Å². The van der Waals surface area contributed by atoms with Crippen LogP contribution < -0.4 is 0 Å². The fraction of sp³-hybridized carbons (Fsp3) is 0.400. The second-order valence-electron chi connectivity index (χ2n) is 2.87. The van der Waals surface area contributed by atoms with Crippen LogP contribution in [-0.4, -0.2) is 30.5 Å². The van der Waals surface area contributed by atoms with Crippen molar-refractivity contribution in [3.8, 4) is 0 Å². The van der Waals surface area contributed by atoms with Crippen LogP contribution in [0.2, 0.25) is 0 Å². The summed E-state index contributed by atoms with van der Waals surface area (Å²) in [6.45, 7) is 7.57. The Hall–Kier alpha value is -0.276. The maximum atomic E-state index is 11.1. The number of likely N-dealkylation sites (N-methyl/N-ethyl adjacent to an activating group) is 1. The van der Waals surface area contributed by atoms with Gasteiger partial charge in [-0.05, 0) is 13.8 Å². The number of allylic oxidation sites excluding steroid dienone is 2. The van der Waals surface area contributed by atoms with Gasteiger partial charge in [0.1, 0.15) is 0 Å². The van der Waals surface area contributed by atoms with Crippen molar-refractivity contribution in [2.45, 2.75) is 13.8 Å².